The molecule has 0 saturated heterocycles. The van der Waals surface area contributed by atoms with Crippen molar-refractivity contribution in [3.8, 4) is 0 Å². The Hall–Kier alpha value is -1.14. The van der Waals surface area contributed by atoms with Gasteiger partial charge in [-0.25, -0.2) is 13.8 Å². The molecular formula is C11H10F2N2S2. The van der Waals surface area contributed by atoms with Crippen molar-refractivity contribution in [1.82, 2.24) is 4.98 Å². The third-order valence-electron chi connectivity index (χ3n) is 1.93. The number of pyridine rings is 1. The predicted octanol–water partition coefficient (Wildman–Crippen LogP) is 4.00. The summed E-state index contributed by atoms with van der Waals surface area (Å²) in [4.78, 5) is 3.94. The molecule has 0 saturated carbocycles. The summed E-state index contributed by atoms with van der Waals surface area (Å²) in [7, 11) is 0. The van der Waals surface area contributed by atoms with E-state index in [4.69, 9.17) is 0 Å². The molecule has 0 radical (unpaired) electrons. The fraction of sp³-hybridized carbons (Fsp3) is 0.182. The summed E-state index contributed by atoms with van der Waals surface area (Å²) in [5.41, 5.74) is 0. The minimum Gasteiger partial charge on any atom is -0.368 e. The van der Waals surface area contributed by atoms with Crippen LogP contribution in [-0.2, 0) is 0 Å². The largest absolute Gasteiger partial charge is 0.368 e. The van der Waals surface area contributed by atoms with Gasteiger partial charge in [0.15, 0.2) is 17.5 Å². The maximum absolute atomic E-state index is 13.5. The van der Waals surface area contributed by atoms with Crippen molar-refractivity contribution >= 4 is 28.9 Å². The molecule has 90 valence electrons. The van der Waals surface area contributed by atoms with Crippen molar-refractivity contribution in [2.24, 2.45) is 0 Å². The molecule has 6 heteroatoms. The Bertz CT molecular complexity index is 500. The average Bonchev–Trinajstić information content (AvgIpc) is 2.78. The van der Waals surface area contributed by atoms with Gasteiger partial charge in [-0.05, 0) is 18.4 Å². The van der Waals surface area contributed by atoms with Gasteiger partial charge in [0, 0.05) is 12.6 Å². The van der Waals surface area contributed by atoms with E-state index in [9.17, 15) is 8.78 Å². The molecule has 17 heavy (non-hydrogen) atoms. The summed E-state index contributed by atoms with van der Waals surface area (Å²) in [5, 5.41) is 4.84. The summed E-state index contributed by atoms with van der Waals surface area (Å²) in [6.45, 7) is 2.37. The van der Waals surface area contributed by atoms with E-state index >= 15 is 0 Å². The second-order valence-electron chi connectivity index (χ2n) is 3.17. The Kier molecular flexibility index (Phi) is 3.96. The Morgan fingerprint density at radius 2 is 2.24 bits per heavy atom. The quantitative estimate of drug-likeness (QED) is 0.910. The summed E-state index contributed by atoms with van der Waals surface area (Å²) < 4.78 is 27.8. The lowest BCUT2D eigenvalue weighted by atomic mass is 10.4. The number of hydrogen-bond acceptors (Lipinski definition) is 4. The molecule has 2 aromatic rings. The SMILES string of the molecule is CCNc1nc(Sc2cccs2)c(F)cc1F. The molecule has 0 aliphatic carbocycles. The fourth-order valence-electron chi connectivity index (χ4n) is 1.23. The molecule has 2 aromatic heterocycles. The molecule has 1 N–H and O–H groups in total. The molecule has 0 fully saturated rings. The molecule has 0 aromatic carbocycles. The maximum atomic E-state index is 13.5. The van der Waals surface area contributed by atoms with Crippen molar-refractivity contribution in [2.75, 3.05) is 11.9 Å². The van der Waals surface area contributed by atoms with Crippen molar-refractivity contribution in [2.45, 2.75) is 16.2 Å². The minimum atomic E-state index is -0.667. The lowest BCUT2D eigenvalue weighted by molar-refractivity contribution is 0.551. The van der Waals surface area contributed by atoms with Crippen LogP contribution in [0.3, 0.4) is 0 Å². The highest BCUT2D eigenvalue weighted by molar-refractivity contribution is 8.01. The van der Waals surface area contributed by atoms with Gasteiger partial charge < -0.3 is 5.32 Å². The number of aromatic nitrogens is 1. The maximum Gasteiger partial charge on any atom is 0.168 e. The van der Waals surface area contributed by atoms with Gasteiger partial charge in [-0.2, -0.15) is 0 Å². The van der Waals surface area contributed by atoms with Crippen molar-refractivity contribution in [1.29, 1.82) is 0 Å². The lowest BCUT2D eigenvalue weighted by Crippen LogP contribution is -2.04. The first-order valence-corrected chi connectivity index (χ1v) is 6.71. The van der Waals surface area contributed by atoms with Crippen molar-refractivity contribution < 1.29 is 8.78 Å². The van der Waals surface area contributed by atoms with Crippen LogP contribution < -0.4 is 5.32 Å². The smallest absolute Gasteiger partial charge is 0.168 e. The van der Waals surface area contributed by atoms with Crippen LogP contribution in [0.15, 0.2) is 32.8 Å². The van der Waals surface area contributed by atoms with Crippen LogP contribution in [0, 0.1) is 11.6 Å². The van der Waals surface area contributed by atoms with Gasteiger partial charge in [0.25, 0.3) is 0 Å². The highest BCUT2D eigenvalue weighted by atomic mass is 32.2. The third-order valence-corrected chi connectivity index (χ3v) is 3.95. The molecular weight excluding hydrogens is 262 g/mol. The van der Waals surface area contributed by atoms with E-state index in [2.05, 4.69) is 10.3 Å². The molecule has 0 aliphatic rings. The first-order chi connectivity index (χ1) is 8.20. The third kappa shape index (κ3) is 2.95. The molecule has 0 bridgehead atoms. The first kappa shape index (κ1) is 12.3. The number of thiophene rings is 1. The monoisotopic (exact) mass is 272 g/mol. The van der Waals surface area contributed by atoms with Gasteiger partial charge in [-0.3, -0.25) is 0 Å². The van der Waals surface area contributed by atoms with E-state index in [0.29, 0.717) is 6.54 Å². The second kappa shape index (κ2) is 5.46. The van der Waals surface area contributed by atoms with Gasteiger partial charge in [0.05, 0.1) is 4.21 Å². The van der Waals surface area contributed by atoms with E-state index in [1.807, 2.05) is 24.4 Å². The summed E-state index contributed by atoms with van der Waals surface area (Å²) in [5.74, 6) is -1.21. The van der Waals surface area contributed by atoms with Crippen molar-refractivity contribution in [3.05, 3.63) is 35.2 Å². The average molecular weight is 272 g/mol. The van der Waals surface area contributed by atoms with Gasteiger partial charge in [0.2, 0.25) is 0 Å². The molecule has 0 atom stereocenters. The number of nitrogens with zero attached hydrogens (tertiary/aromatic N) is 1. The molecule has 2 nitrogen and oxygen atoms in total. The number of halogens is 2. The zero-order valence-electron chi connectivity index (χ0n) is 9.04. The van der Waals surface area contributed by atoms with E-state index in [0.717, 1.165) is 10.3 Å². The lowest BCUT2D eigenvalue weighted by Gasteiger charge is -2.07. The fourth-order valence-corrected chi connectivity index (χ4v) is 2.90. The number of hydrogen-bond donors (Lipinski definition) is 1. The molecule has 0 spiro atoms. The highest BCUT2D eigenvalue weighted by Crippen LogP contribution is 2.32. The second-order valence-corrected chi connectivity index (χ2v) is 5.41. The topological polar surface area (TPSA) is 24.9 Å². The van der Waals surface area contributed by atoms with E-state index in [1.165, 1.54) is 23.1 Å². The van der Waals surface area contributed by atoms with Crippen LogP contribution >= 0.6 is 23.1 Å². The van der Waals surface area contributed by atoms with Crippen LogP contribution in [0.25, 0.3) is 0 Å². The van der Waals surface area contributed by atoms with Gasteiger partial charge in [-0.1, -0.05) is 17.8 Å². The zero-order chi connectivity index (χ0) is 12.3. The Morgan fingerprint density at radius 1 is 1.41 bits per heavy atom. The van der Waals surface area contributed by atoms with Crippen LogP contribution in [0.4, 0.5) is 14.6 Å². The Balaban J connectivity index is 2.29. The standard InChI is InChI=1S/C11H10F2N2S2/c1-2-14-10-7(12)6-8(13)11(15-10)17-9-4-3-5-16-9/h3-6H,2H2,1H3,(H,14,15). The molecule has 2 heterocycles. The molecule has 0 aliphatic heterocycles. The van der Waals surface area contributed by atoms with Crippen LogP contribution in [-0.4, -0.2) is 11.5 Å². The summed E-state index contributed by atoms with van der Waals surface area (Å²) >= 11 is 2.69. The first-order valence-electron chi connectivity index (χ1n) is 5.02. The highest BCUT2D eigenvalue weighted by Gasteiger charge is 2.12. The van der Waals surface area contributed by atoms with Crippen LogP contribution in [0.1, 0.15) is 6.92 Å². The summed E-state index contributed by atoms with van der Waals surface area (Å²) in [6, 6.07) is 4.60. The van der Waals surface area contributed by atoms with Gasteiger partial charge >= 0.3 is 0 Å². The van der Waals surface area contributed by atoms with Crippen LogP contribution in [0.5, 0.6) is 0 Å². The predicted molar refractivity (Wildman–Crippen MR) is 66.8 cm³/mol. The van der Waals surface area contributed by atoms with E-state index < -0.39 is 11.6 Å². The van der Waals surface area contributed by atoms with Crippen molar-refractivity contribution in [3.63, 3.8) is 0 Å². The van der Waals surface area contributed by atoms with Crippen LogP contribution in [0.2, 0.25) is 0 Å². The van der Waals surface area contributed by atoms with Gasteiger partial charge in [0.1, 0.15) is 5.03 Å². The molecule has 0 amide bonds. The summed E-state index contributed by atoms with van der Waals surface area (Å²) in [6.07, 6.45) is 0. The molecule has 0 unspecified atom stereocenters. The number of anilines is 1. The normalized spacial score (nSPS) is 10.5. The van der Waals surface area contributed by atoms with E-state index in [-0.39, 0.29) is 10.8 Å². The number of rotatable bonds is 4. The Morgan fingerprint density at radius 3 is 2.88 bits per heavy atom. The van der Waals surface area contributed by atoms with Gasteiger partial charge in [-0.15, -0.1) is 11.3 Å². The minimum absolute atomic E-state index is 0.0907. The molecule has 2 rings (SSSR count). The Labute approximate surface area is 106 Å². The number of nitrogens with one attached hydrogen (secondary N) is 1. The van der Waals surface area contributed by atoms with E-state index in [1.54, 1.807) is 0 Å². The zero-order valence-corrected chi connectivity index (χ0v) is 10.7.